The average molecular weight is 356 g/mol. The number of para-hydroxylation sites is 2. The van der Waals surface area contributed by atoms with E-state index >= 15 is 0 Å². The Morgan fingerprint density at radius 3 is 2.67 bits per heavy atom. The highest BCUT2D eigenvalue weighted by Crippen LogP contribution is 2.27. The molecule has 3 heterocycles. The molecule has 2 aromatic carbocycles. The van der Waals surface area contributed by atoms with Crippen molar-refractivity contribution in [2.75, 3.05) is 5.01 Å². The number of hydrogen-bond acceptors (Lipinski definition) is 6. The van der Waals surface area contributed by atoms with E-state index in [1.54, 1.807) is 12.1 Å². The third-order valence-corrected chi connectivity index (χ3v) is 4.41. The highest BCUT2D eigenvalue weighted by Gasteiger charge is 2.33. The summed E-state index contributed by atoms with van der Waals surface area (Å²) in [5.74, 6) is -0.561. The summed E-state index contributed by atoms with van der Waals surface area (Å²) < 4.78 is 5.81. The van der Waals surface area contributed by atoms with E-state index in [-0.39, 0.29) is 12.2 Å². The standard InChI is InChI=1S/C20H12N4O3/c25-16-10-15(18-9-12-5-1-4-8-17(12)27-18)23-24(20(16)26)19-13-6-2-3-7-14(13)21-11-22-19/h1-9,11H,10H2. The number of hydrogen-bond donors (Lipinski definition) is 0. The number of nitrogens with zero attached hydrogens (tertiary/aromatic N) is 4. The fourth-order valence-electron chi connectivity index (χ4n) is 3.11. The number of carbonyl (C=O) groups is 2. The van der Waals surface area contributed by atoms with E-state index in [0.29, 0.717) is 28.0 Å². The molecule has 4 aromatic rings. The largest absolute Gasteiger partial charge is 0.455 e. The van der Waals surface area contributed by atoms with Crippen LogP contribution in [0.15, 0.2) is 70.4 Å². The van der Waals surface area contributed by atoms with Gasteiger partial charge < -0.3 is 4.42 Å². The monoisotopic (exact) mass is 356 g/mol. The van der Waals surface area contributed by atoms with Crippen molar-refractivity contribution in [3.8, 4) is 0 Å². The van der Waals surface area contributed by atoms with Crippen molar-refractivity contribution < 1.29 is 14.0 Å². The number of aromatic nitrogens is 2. The second kappa shape index (κ2) is 5.84. The maximum absolute atomic E-state index is 12.5. The Morgan fingerprint density at radius 2 is 1.78 bits per heavy atom. The molecule has 7 heteroatoms. The molecule has 0 atom stereocenters. The van der Waals surface area contributed by atoms with Crippen molar-refractivity contribution in [3.05, 3.63) is 66.7 Å². The van der Waals surface area contributed by atoms with Crippen molar-refractivity contribution in [3.63, 3.8) is 0 Å². The molecular weight excluding hydrogens is 344 g/mol. The lowest BCUT2D eigenvalue weighted by molar-refractivity contribution is -0.136. The fourth-order valence-corrected chi connectivity index (χ4v) is 3.11. The Labute approximate surface area is 152 Å². The molecule has 0 spiro atoms. The van der Waals surface area contributed by atoms with Gasteiger partial charge in [-0.25, -0.2) is 9.97 Å². The normalized spacial score (nSPS) is 14.8. The van der Waals surface area contributed by atoms with Crippen LogP contribution in [0.4, 0.5) is 5.82 Å². The zero-order chi connectivity index (χ0) is 18.4. The second-order valence-electron chi connectivity index (χ2n) is 6.13. The van der Waals surface area contributed by atoms with Gasteiger partial charge in [-0.3, -0.25) is 9.59 Å². The SMILES string of the molecule is O=C1CC(c2cc3ccccc3o2)=NN(c2ncnc3ccccc23)C1=O. The summed E-state index contributed by atoms with van der Waals surface area (Å²) in [6.45, 7) is 0. The summed E-state index contributed by atoms with van der Waals surface area (Å²) in [4.78, 5) is 33.2. The number of hydrazone groups is 1. The third kappa shape index (κ3) is 2.48. The number of Topliss-reactive ketones (excluding diaryl/α,β-unsaturated/α-hetero) is 1. The van der Waals surface area contributed by atoms with E-state index in [0.717, 1.165) is 10.4 Å². The van der Waals surface area contributed by atoms with E-state index in [2.05, 4.69) is 15.1 Å². The summed E-state index contributed by atoms with van der Waals surface area (Å²) in [5.41, 5.74) is 1.74. The van der Waals surface area contributed by atoms with Crippen molar-refractivity contribution in [2.24, 2.45) is 5.10 Å². The van der Waals surface area contributed by atoms with E-state index in [9.17, 15) is 9.59 Å². The number of benzene rings is 2. The molecule has 0 radical (unpaired) electrons. The van der Waals surface area contributed by atoms with Crippen LogP contribution in [0.1, 0.15) is 12.2 Å². The number of furan rings is 1. The van der Waals surface area contributed by atoms with Gasteiger partial charge in [0.1, 0.15) is 17.6 Å². The molecular formula is C20H12N4O3. The Bertz CT molecular complexity index is 1220. The number of fused-ring (bicyclic) bond motifs is 2. The van der Waals surface area contributed by atoms with Crippen LogP contribution in [-0.2, 0) is 9.59 Å². The Kier molecular flexibility index (Phi) is 3.33. The van der Waals surface area contributed by atoms with Crippen LogP contribution < -0.4 is 5.01 Å². The van der Waals surface area contributed by atoms with E-state index < -0.39 is 11.7 Å². The lowest BCUT2D eigenvalue weighted by Crippen LogP contribution is -2.39. The van der Waals surface area contributed by atoms with Gasteiger partial charge in [-0.2, -0.15) is 10.1 Å². The first-order chi connectivity index (χ1) is 13.2. The predicted molar refractivity (Wildman–Crippen MR) is 99.4 cm³/mol. The summed E-state index contributed by atoms with van der Waals surface area (Å²) in [6, 6.07) is 16.6. The lowest BCUT2D eigenvalue weighted by atomic mass is 10.1. The molecule has 0 unspecified atom stereocenters. The van der Waals surface area contributed by atoms with Crippen LogP contribution in [0.5, 0.6) is 0 Å². The summed E-state index contributed by atoms with van der Waals surface area (Å²) in [6.07, 6.45) is 1.23. The number of amides is 1. The van der Waals surface area contributed by atoms with Gasteiger partial charge in [-0.1, -0.05) is 30.3 Å². The topological polar surface area (TPSA) is 88.7 Å². The van der Waals surface area contributed by atoms with Gasteiger partial charge in [0.25, 0.3) is 0 Å². The predicted octanol–water partition coefficient (Wildman–Crippen LogP) is 3.09. The van der Waals surface area contributed by atoms with Crippen LogP contribution >= 0.6 is 0 Å². The molecule has 27 heavy (non-hydrogen) atoms. The van der Waals surface area contributed by atoms with Crippen LogP contribution in [-0.4, -0.2) is 27.4 Å². The van der Waals surface area contributed by atoms with E-state index in [1.807, 2.05) is 42.5 Å². The second-order valence-corrected chi connectivity index (χ2v) is 6.13. The van der Waals surface area contributed by atoms with Crippen molar-refractivity contribution >= 4 is 45.1 Å². The molecule has 130 valence electrons. The Morgan fingerprint density at radius 1 is 0.963 bits per heavy atom. The summed E-state index contributed by atoms with van der Waals surface area (Å²) in [5, 5.41) is 6.97. The zero-order valence-corrected chi connectivity index (χ0v) is 14.0. The molecule has 5 rings (SSSR count). The van der Waals surface area contributed by atoms with Crippen molar-refractivity contribution in [1.82, 2.24) is 9.97 Å². The third-order valence-electron chi connectivity index (χ3n) is 4.41. The molecule has 0 bridgehead atoms. The minimum absolute atomic E-state index is 0.113. The number of ketones is 1. The first-order valence-electron chi connectivity index (χ1n) is 8.34. The minimum Gasteiger partial charge on any atom is -0.455 e. The van der Waals surface area contributed by atoms with E-state index in [1.165, 1.54) is 6.33 Å². The summed E-state index contributed by atoms with van der Waals surface area (Å²) in [7, 11) is 0. The maximum atomic E-state index is 12.5. The molecule has 0 aliphatic carbocycles. The first kappa shape index (κ1) is 15.4. The van der Waals surface area contributed by atoms with Crippen LogP contribution in [0.25, 0.3) is 21.9 Å². The maximum Gasteiger partial charge on any atom is 0.316 e. The van der Waals surface area contributed by atoms with Gasteiger partial charge >= 0.3 is 5.91 Å². The Balaban J connectivity index is 1.67. The molecule has 0 fully saturated rings. The fraction of sp³-hybridized carbons (Fsp3) is 0.0500. The van der Waals surface area contributed by atoms with Crippen LogP contribution in [0, 0.1) is 0 Å². The summed E-state index contributed by atoms with van der Waals surface area (Å²) >= 11 is 0. The number of anilines is 1. The van der Waals surface area contributed by atoms with Gasteiger partial charge in [-0.15, -0.1) is 0 Å². The molecule has 1 amide bonds. The van der Waals surface area contributed by atoms with Crippen molar-refractivity contribution in [1.29, 1.82) is 0 Å². The first-order valence-corrected chi connectivity index (χ1v) is 8.34. The molecule has 2 aromatic heterocycles. The van der Waals surface area contributed by atoms with Crippen LogP contribution in [0.3, 0.4) is 0 Å². The average Bonchev–Trinajstić information content (AvgIpc) is 3.14. The van der Waals surface area contributed by atoms with Gasteiger partial charge in [0, 0.05) is 10.8 Å². The zero-order valence-electron chi connectivity index (χ0n) is 14.0. The van der Waals surface area contributed by atoms with Gasteiger partial charge in [0.2, 0.25) is 5.78 Å². The quantitative estimate of drug-likeness (QED) is 0.515. The molecule has 7 nitrogen and oxygen atoms in total. The lowest BCUT2D eigenvalue weighted by Gasteiger charge is -2.21. The van der Waals surface area contributed by atoms with Gasteiger partial charge in [-0.05, 0) is 24.3 Å². The van der Waals surface area contributed by atoms with Crippen molar-refractivity contribution in [2.45, 2.75) is 6.42 Å². The van der Waals surface area contributed by atoms with Gasteiger partial charge in [0.05, 0.1) is 11.9 Å². The highest BCUT2D eigenvalue weighted by molar-refractivity contribution is 6.47. The molecule has 1 aliphatic rings. The molecule has 1 aliphatic heterocycles. The number of carbonyl (C=O) groups excluding carboxylic acids is 2. The van der Waals surface area contributed by atoms with Crippen LogP contribution in [0.2, 0.25) is 0 Å². The minimum atomic E-state index is -0.723. The highest BCUT2D eigenvalue weighted by atomic mass is 16.3. The molecule has 0 N–H and O–H groups in total. The van der Waals surface area contributed by atoms with E-state index in [4.69, 9.17) is 4.42 Å². The molecule has 0 saturated carbocycles. The van der Waals surface area contributed by atoms with Gasteiger partial charge in [0.15, 0.2) is 11.6 Å². The smallest absolute Gasteiger partial charge is 0.316 e. The number of rotatable bonds is 2. The Hall–Kier alpha value is -3.87. The molecule has 0 saturated heterocycles.